The Morgan fingerprint density at radius 2 is 1.94 bits per heavy atom. The largest absolute Gasteiger partial charge is 0.423 e. The molecule has 0 radical (unpaired) electrons. The second-order valence-corrected chi connectivity index (χ2v) is 4.75. The number of thiazole rings is 1. The summed E-state index contributed by atoms with van der Waals surface area (Å²) in [6.07, 6.45) is -3.77. The molecule has 1 aromatic rings. The maximum atomic E-state index is 12.8. The Morgan fingerprint density at radius 1 is 1.39 bits per heavy atom. The molecular formula is C10H16F3N3OS. The van der Waals surface area contributed by atoms with Gasteiger partial charge in [0.1, 0.15) is 0 Å². The van der Waals surface area contributed by atoms with Crippen molar-refractivity contribution in [3.05, 3.63) is 11.1 Å². The molecule has 8 heteroatoms. The molecule has 0 saturated heterocycles. The summed E-state index contributed by atoms with van der Waals surface area (Å²) < 4.78 is 38.4. The van der Waals surface area contributed by atoms with Crippen molar-refractivity contribution in [2.24, 2.45) is 5.73 Å². The quantitative estimate of drug-likeness (QED) is 0.863. The summed E-state index contributed by atoms with van der Waals surface area (Å²) in [4.78, 5) is 5.44. The highest BCUT2D eigenvalue weighted by atomic mass is 32.1. The van der Waals surface area contributed by atoms with Crippen molar-refractivity contribution in [1.29, 1.82) is 0 Å². The van der Waals surface area contributed by atoms with Crippen molar-refractivity contribution >= 4 is 16.5 Å². The van der Waals surface area contributed by atoms with Crippen molar-refractivity contribution < 1.29 is 18.3 Å². The van der Waals surface area contributed by atoms with Gasteiger partial charge in [0.25, 0.3) is 0 Å². The number of hydrogen-bond acceptors (Lipinski definition) is 5. The molecule has 0 fully saturated rings. The van der Waals surface area contributed by atoms with Crippen LogP contribution in [-0.4, -0.2) is 35.9 Å². The molecule has 0 saturated carbocycles. The Balaban J connectivity index is 3.11. The van der Waals surface area contributed by atoms with Crippen LogP contribution >= 0.6 is 11.3 Å². The molecule has 1 aromatic heterocycles. The van der Waals surface area contributed by atoms with E-state index in [1.165, 1.54) is 0 Å². The lowest BCUT2D eigenvalue weighted by Gasteiger charge is -2.27. The predicted octanol–water partition coefficient (Wildman–Crippen LogP) is 1.70. The Hall–Kier alpha value is -0.860. The second kappa shape index (κ2) is 5.41. The highest BCUT2D eigenvalue weighted by Crippen LogP contribution is 2.41. The molecule has 0 aliphatic rings. The van der Waals surface area contributed by atoms with E-state index in [2.05, 4.69) is 4.98 Å². The van der Waals surface area contributed by atoms with E-state index in [4.69, 9.17) is 5.73 Å². The number of aliphatic hydroxyl groups is 1. The number of alkyl halides is 3. The van der Waals surface area contributed by atoms with E-state index in [1.807, 2.05) is 18.7 Å². The van der Waals surface area contributed by atoms with Crippen LogP contribution in [-0.2, 0) is 5.60 Å². The molecule has 3 N–H and O–H groups in total. The van der Waals surface area contributed by atoms with Crippen molar-refractivity contribution in [1.82, 2.24) is 4.98 Å². The highest BCUT2D eigenvalue weighted by molar-refractivity contribution is 7.15. The zero-order valence-electron chi connectivity index (χ0n) is 10.2. The molecular weight excluding hydrogens is 267 g/mol. The molecule has 104 valence electrons. The Bertz CT molecular complexity index is 392. The summed E-state index contributed by atoms with van der Waals surface area (Å²) in [6, 6.07) is 0. The first-order chi connectivity index (χ1) is 8.30. The molecule has 0 amide bonds. The Labute approximate surface area is 107 Å². The van der Waals surface area contributed by atoms with Crippen LogP contribution in [0.25, 0.3) is 0 Å². The van der Waals surface area contributed by atoms with E-state index in [0.717, 1.165) is 17.5 Å². The van der Waals surface area contributed by atoms with Gasteiger partial charge in [0.15, 0.2) is 5.13 Å². The van der Waals surface area contributed by atoms with Crippen molar-refractivity contribution in [2.45, 2.75) is 25.6 Å². The van der Waals surface area contributed by atoms with Crippen molar-refractivity contribution in [2.75, 3.05) is 24.5 Å². The van der Waals surface area contributed by atoms with Crippen LogP contribution < -0.4 is 10.6 Å². The lowest BCUT2D eigenvalue weighted by atomic mass is 10.0. The monoisotopic (exact) mass is 283 g/mol. The van der Waals surface area contributed by atoms with Crippen LogP contribution in [0.4, 0.5) is 18.3 Å². The second-order valence-electron chi connectivity index (χ2n) is 3.74. The normalized spacial score (nSPS) is 15.5. The number of nitrogens with two attached hydrogens (primary N) is 1. The first-order valence-electron chi connectivity index (χ1n) is 5.50. The molecule has 18 heavy (non-hydrogen) atoms. The van der Waals surface area contributed by atoms with E-state index < -0.39 is 18.3 Å². The summed E-state index contributed by atoms with van der Waals surface area (Å²) in [5.74, 6) is 0. The Morgan fingerprint density at radius 3 is 2.33 bits per heavy atom. The van der Waals surface area contributed by atoms with Crippen LogP contribution in [0.2, 0.25) is 0 Å². The van der Waals surface area contributed by atoms with Gasteiger partial charge in [-0.25, -0.2) is 4.98 Å². The first-order valence-corrected chi connectivity index (χ1v) is 6.32. The van der Waals surface area contributed by atoms with Gasteiger partial charge >= 0.3 is 6.18 Å². The molecule has 0 aliphatic carbocycles. The number of rotatable bonds is 5. The average molecular weight is 283 g/mol. The maximum Gasteiger partial charge on any atom is 0.423 e. The van der Waals surface area contributed by atoms with Gasteiger partial charge in [0.2, 0.25) is 5.60 Å². The molecule has 0 aromatic carbocycles. The first kappa shape index (κ1) is 15.2. The summed E-state index contributed by atoms with van der Waals surface area (Å²) in [5.41, 5.74) is 2.05. The zero-order valence-corrected chi connectivity index (χ0v) is 11.0. The van der Waals surface area contributed by atoms with Crippen LogP contribution in [0.3, 0.4) is 0 Å². The molecule has 0 bridgehead atoms. The van der Waals surface area contributed by atoms with Crippen LogP contribution in [0.5, 0.6) is 0 Å². The molecule has 0 spiro atoms. The summed E-state index contributed by atoms with van der Waals surface area (Å²) in [7, 11) is 0. The number of hydrogen-bond donors (Lipinski definition) is 2. The van der Waals surface area contributed by atoms with Gasteiger partial charge in [0, 0.05) is 25.8 Å². The van der Waals surface area contributed by atoms with E-state index in [-0.39, 0.29) is 4.88 Å². The molecule has 4 nitrogen and oxygen atoms in total. The van der Waals surface area contributed by atoms with Crippen LogP contribution in [0.15, 0.2) is 6.20 Å². The average Bonchev–Trinajstić information content (AvgIpc) is 2.78. The van der Waals surface area contributed by atoms with Gasteiger partial charge in [0.05, 0.1) is 4.88 Å². The van der Waals surface area contributed by atoms with E-state index in [1.54, 1.807) is 0 Å². The van der Waals surface area contributed by atoms with Gasteiger partial charge in [-0.2, -0.15) is 13.2 Å². The SMILES string of the molecule is CCN(CC)c1ncc(C(O)(CN)C(F)(F)F)s1. The number of anilines is 1. The van der Waals surface area contributed by atoms with Crippen molar-refractivity contribution in [3.8, 4) is 0 Å². The van der Waals surface area contributed by atoms with E-state index in [0.29, 0.717) is 18.2 Å². The van der Waals surface area contributed by atoms with Gasteiger partial charge in [-0.15, -0.1) is 0 Å². The zero-order chi connectivity index (χ0) is 14.0. The predicted molar refractivity (Wildman–Crippen MR) is 64.7 cm³/mol. The minimum absolute atomic E-state index is 0.278. The Kier molecular flexibility index (Phi) is 4.57. The van der Waals surface area contributed by atoms with Gasteiger partial charge in [-0.3, -0.25) is 0 Å². The standard InChI is InChI=1S/C10H16F3N3OS/c1-3-16(4-2)8-15-5-7(18-8)9(17,6-14)10(11,12)13/h5,17H,3-4,6,14H2,1-2H3. The summed E-state index contributed by atoms with van der Waals surface area (Å²) >= 11 is 0.813. The smallest absolute Gasteiger partial charge is 0.375 e. The highest BCUT2D eigenvalue weighted by Gasteiger charge is 2.55. The topological polar surface area (TPSA) is 62.4 Å². The molecule has 1 atom stereocenters. The van der Waals surface area contributed by atoms with Crippen LogP contribution in [0, 0.1) is 0 Å². The van der Waals surface area contributed by atoms with E-state index in [9.17, 15) is 18.3 Å². The summed E-state index contributed by atoms with van der Waals surface area (Å²) in [6.45, 7) is 4.11. The third kappa shape index (κ3) is 2.60. The van der Waals surface area contributed by atoms with Crippen molar-refractivity contribution in [3.63, 3.8) is 0 Å². The third-order valence-corrected chi connectivity index (χ3v) is 3.91. The van der Waals surface area contributed by atoms with Gasteiger partial charge in [-0.1, -0.05) is 11.3 Å². The number of aromatic nitrogens is 1. The summed E-state index contributed by atoms with van der Waals surface area (Å²) in [5, 5.41) is 10.1. The molecule has 0 aliphatic heterocycles. The molecule has 1 heterocycles. The lowest BCUT2D eigenvalue weighted by Crippen LogP contribution is -2.47. The minimum Gasteiger partial charge on any atom is -0.375 e. The molecule has 1 unspecified atom stereocenters. The fourth-order valence-electron chi connectivity index (χ4n) is 1.45. The fraction of sp³-hybridized carbons (Fsp3) is 0.700. The third-order valence-electron chi connectivity index (χ3n) is 2.70. The number of halogens is 3. The van der Waals surface area contributed by atoms with Crippen LogP contribution in [0.1, 0.15) is 18.7 Å². The van der Waals surface area contributed by atoms with Gasteiger partial charge < -0.3 is 15.7 Å². The fourth-order valence-corrected chi connectivity index (χ4v) is 2.62. The lowest BCUT2D eigenvalue weighted by molar-refractivity contribution is -0.260. The maximum absolute atomic E-state index is 12.8. The van der Waals surface area contributed by atoms with E-state index >= 15 is 0 Å². The number of nitrogens with zero attached hydrogens (tertiary/aromatic N) is 2. The minimum atomic E-state index is -4.81. The molecule has 1 rings (SSSR count). The van der Waals surface area contributed by atoms with Gasteiger partial charge in [-0.05, 0) is 13.8 Å².